The van der Waals surface area contributed by atoms with Crippen LogP contribution in [-0.4, -0.2) is 66.7 Å². The van der Waals surface area contributed by atoms with Crippen molar-refractivity contribution in [3.8, 4) is 11.3 Å². The molecule has 2 aromatic heterocycles. The van der Waals surface area contributed by atoms with Crippen molar-refractivity contribution in [2.45, 2.75) is 12.1 Å². The molecule has 0 bridgehead atoms. The Kier molecular flexibility index (Phi) is 5.36. The number of rotatable bonds is 4. The molecular formula is C19H22ClN5O2. The maximum Gasteiger partial charge on any atom is 0.269 e. The highest BCUT2D eigenvalue weighted by Crippen LogP contribution is 2.31. The Morgan fingerprint density at radius 2 is 2.22 bits per heavy atom. The SMILES string of the molecule is CNC(=O)c1cc(-c2cc([C@H]3CNCCN3C3COC3)cc(Cl)n2)ccn1. The van der Waals surface area contributed by atoms with Crippen LogP contribution in [0.15, 0.2) is 30.5 Å². The molecular weight excluding hydrogens is 366 g/mol. The van der Waals surface area contributed by atoms with Crippen molar-refractivity contribution >= 4 is 17.5 Å². The smallest absolute Gasteiger partial charge is 0.269 e. The summed E-state index contributed by atoms with van der Waals surface area (Å²) in [5.41, 5.74) is 3.02. The minimum atomic E-state index is -0.230. The van der Waals surface area contributed by atoms with Crippen LogP contribution < -0.4 is 10.6 Å². The van der Waals surface area contributed by atoms with E-state index in [-0.39, 0.29) is 11.9 Å². The Balaban J connectivity index is 1.68. The number of carbonyl (C=O) groups is 1. The lowest BCUT2D eigenvalue weighted by atomic mass is 9.99. The number of carbonyl (C=O) groups excluding carboxylic acids is 1. The molecule has 2 fully saturated rings. The predicted octanol–water partition coefficient (Wildman–Crippen LogP) is 1.50. The van der Waals surface area contributed by atoms with Gasteiger partial charge < -0.3 is 15.4 Å². The number of hydrogen-bond donors (Lipinski definition) is 2. The van der Waals surface area contributed by atoms with Crippen LogP contribution in [-0.2, 0) is 4.74 Å². The van der Waals surface area contributed by atoms with Crippen LogP contribution in [0.2, 0.25) is 5.15 Å². The Bertz CT molecular complexity index is 843. The van der Waals surface area contributed by atoms with Gasteiger partial charge in [-0.2, -0.15) is 0 Å². The fraction of sp³-hybridized carbons (Fsp3) is 0.421. The van der Waals surface area contributed by atoms with Crippen LogP contribution in [0.5, 0.6) is 0 Å². The van der Waals surface area contributed by atoms with E-state index in [1.54, 1.807) is 19.3 Å². The minimum absolute atomic E-state index is 0.215. The Morgan fingerprint density at radius 3 is 2.96 bits per heavy atom. The summed E-state index contributed by atoms with van der Waals surface area (Å²) < 4.78 is 5.39. The van der Waals surface area contributed by atoms with Crippen molar-refractivity contribution < 1.29 is 9.53 Å². The largest absolute Gasteiger partial charge is 0.378 e. The molecule has 0 radical (unpaired) electrons. The molecule has 0 aliphatic carbocycles. The third kappa shape index (κ3) is 3.82. The molecule has 142 valence electrons. The van der Waals surface area contributed by atoms with E-state index in [2.05, 4.69) is 31.6 Å². The van der Waals surface area contributed by atoms with E-state index in [0.717, 1.165) is 49.7 Å². The van der Waals surface area contributed by atoms with Gasteiger partial charge in [-0.3, -0.25) is 14.7 Å². The van der Waals surface area contributed by atoms with Crippen molar-refractivity contribution in [2.24, 2.45) is 0 Å². The molecule has 8 heteroatoms. The average Bonchev–Trinajstić information content (AvgIpc) is 2.66. The Labute approximate surface area is 163 Å². The lowest BCUT2D eigenvalue weighted by molar-refractivity contribution is -0.0849. The summed E-state index contributed by atoms with van der Waals surface area (Å²) in [7, 11) is 1.58. The second-order valence-electron chi connectivity index (χ2n) is 6.77. The van der Waals surface area contributed by atoms with Gasteiger partial charge in [0.05, 0.1) is 24.9 Å². The molecule has 2 aliphatic rings. The molecule has 2 saturated heterocycles. The highest BCUT2D eigenvalue weighted by molar-refractivity contribution is 6.29. The monoisotopic (exact) mass is 387 g/mol. The minimum Gasteiger partial charge on any atom is -0.378 e. The first-order chi connectivity index (χ1) is 13.2. The molecule has 4 heterocycles. The normalized spacial score (nSPS) is 20.9. The summed E-state index contributed by atoms with van der Waals surface area (Å²) in [5, 5.41) is 6.50. The number of amides is 1. The van der Waals surface area contributed by atoms with Crippen LogP contribution in [0.3, 0.4) is 0 Å². The van der Waals surface area contributed by atoms with E-state index in [9.17, 15) is 4.79 Å². The third-order valence-corrected chi connectivity index (χ3v) is 5.28. The van der Waals surface area contributed by atoms with Crippen LogP contribution in [0, 0.1) is 0 Å². The van der Waals surface area contributed by atoms with Gasteiger partial charge in [-0.15, -0.1) is 0 Å². The van der Waals surface area contributed by atoms with Gasteiger partial charge >= 0.3 is 0 Å². The van der Waals surface area contributed by atoms with Crippen LogP contribution in [0.4, 0.5) is 0 Å². The molecule has 0 spiro atoms. The summed E-state index contributed by atoms with van der Waals surface area (Å²) in [6, 6.07) is 8.22. The van der Waals surface area contributed by atoms with Crippen LogP contribution >= 0.6 is 11.6 Å². The maximum atomic E-state index is 11.9. The summed E-state index contributed by atoms with van der Waals surface area (Å²) in [6.45, 7) is 4.36. The number of nitrogens with zero attached hydrogens (tertiary/aromatic N) is 3. The molecule has 7 nitrogen and oxygen atoms in total. The molecule has 2 aromatic rings. The molecule has 1 amide bonds. The van der Waals surface area contributed by atoms with Gasteiger partial charge in [0.1, 0.15) is 10.8 Å². The summed E-state index contributed by atoms with van der Waals surface area (Å²) in [5.74, 6) is -0.230. The first-order valence-electron chi connectivity index (χ1n) is 9.06. The van der Waals surface area contributed by atoms with Gasteiger partial charge in [0.25, 0.3) is 5.91 Å². The molecule has 4 rings (SSSR count). The average molecular weight is 388 g/mol. The number of piperazine rings is 1. The molecule has 1 atom stereocenters. The zero-order valence-corrected chi connectivity index (χ0v) is 15.9. The second kappa shape index (κ2) is 7.90. The van der Waals surface area contributed by atoms with E-state index in [0.29, 0.717) is 16.9 Å². The quantitative estimate of drug-likeness (QED) is 0.774. The Morgan fingerprint density at radius 1 is 1.37 bits per heavy atom. The lowest BCUT2D eigenvalue weighted by Crippen LogP contribution is -2.57. The fourth-order valence-corrected chi connectivity index (χ4v) is 3.80. The van der Waals surface area contributed by atoms with Gasteiger partial charge in [-0.1, -0.05) is 11.6 Å². The van der Waals surface area contributed by atoms with E-state index in [4.69, 9.17) is 16.3 Å². The standard InChI is InChI=1S/C19H22ClN5O2/c1-21-19(26)16-6-12(2-3-23-16)15-7-13(8-18(20)24-15)17-9-22-4-5-25(17)14-10-27-11-14/h2-3,6-8,14,17,22H,4-5,9-11H2,1H3,(H,21,26)/t17-/m1/s1. The van der Waals surface area contributed by atoms with Crippen LogP contribution in [0.25, 0.3) is 11.3 Å². The molecule has 2 aliphatic heterocycles. The van der Waals surface area contributed by atoms with Gasteiger partial charge in [-0.25, -0.2) is 4.98 Å². The van der Waals surface area contributed by atoms with E-state index < -0.39 is 0 Å². The number of halogens is 1. The number of aromatic nitrogens is 2. The summed E-state index contributed by atoms with van der Waals surface area (Å²) in [4.78, 5) is 23.0. The number of nitrogens with one attached hydrogen (secondary N) is 2. The molecule has 0 aromatic carbocycles. The number of hydrogen-bond acceptors (Lipinski definition) is 6. The highest BCUT2D eigenvalue weighted by Gasteiger charge is 2.34. The van der Waals surface area contributed by atoms with Crippen molar-refractivity contribution in [1.82, 2.24) is 25.5 Å². The first-order valence-corrected chi connectivity index (χ1v) is 9.43. The number of pyridine rings is 2. The van der Waals surface area contributed by atoms with Gasteiger partial charge in [0.15, 0.2) is 0 Å². The Hall–Kier alpha value is -2.06. The van der Waals surface area contributed by atoms with Gasteiger partial charge in [0, 0.05) is 44.5 Å². The van der Waals surface area contributed by atoms with Gasteiger partial charge in [-0.05, 0) is 29.8 Å². The maximum absolute atomic E-state index is 11.9. The lowest BCUT2D eigenvalue weighted by Gasteiger charge is -2.45. The zero-order valence-electron chi connectivity index (χ0n) is 15.1. The third-order valence-electron chi connectivity index (χ3n) is 5.09. The first kappa shape index (κ1) is 18.3. The summed E-state index contributed by atoms with van der Waals surface area (Å²) in [6.07, 6.45) is 1.61. The zero-order chi connectivity index (χ0) is 18.8. The molecule has 27 heavy (non-hydrogen) atoms. The second-order valence-corrected chi connectivity index (χ2v) is 7.15. The van der Waals surface area contributed by atoms with E-state index in [1.807, 2.05) is 12.1 Å². The molecule has 2 N–H and O–H groups in total. The molecule has 0 unspecified atom stereocenters. The fourth-order valence-electron chi connectivity index (χ4n) is 3.58. The number of ether oxygens (including phenoxy) is 1. The van der Waals surface area contributed by atoms with Gasteiger partial charge in [0.2, 0.25) is 0 Å². The van der Waals surface area contributed by atoms with Crippen molar-refractivity contribution in [3.63, 3.8) is 0 Å². The van der Waals surface area contributed by atoms with E-state index >= 15 is 0 Å². The van der Waals surface area contributed by atoms with Crippen molar-refractivity contribution in [2.75, 3.05) is 39.9 Å². The predicted molar refractivity (Wildman–Crippen MR) is 103 cm³/mol. The summed E-state index contributed by atoms with van der Waals surface area (Å²) >= 11 is 6.35. The topological polar surface area (TPSA) is 79.4 Å². The molecule has 0 saturated carbocycles. The van der Waals surface area contributed by atoms with E-state index in [1.165, 1.54) is 0 Å². The van der Waals surface area contributed by atoms with Crippen molar-refractivity contribution in [3.05, 3.63) is 46.9 Å². The van der Waals surface area contributed by atoms with Crippen molar-refractivity contribution in [1.29, 1.82) is 0 Å². The van der Waals surface area contributed by atoms with Crippen LogP contribution in [0.1, 0.15) is 22.1 Å². The highest BCUT2D eigenvalue weighted by atomic mass is 35.5.